The Kier molecular flexibility index (Phi) is 6.02. The fourth-order valence-corrected chi connectivity index (χ4v) is 2.58. The molecule has 0 aliphatic heterocycles. The van der Waals surface area contributed by atoms with E-state index in [9.17, 15) is 18.5 Å². The maximum absolute atomic E-state index is 11.9. The molecule has 0 heterocycles. The van der Waals surface area contributed by atoms with Crippen LogP contribution in [0.2, 0.25) is 0 Å². The Labute approximate surface area is 116 Å². The first-order valence-corrected chi connectivity index (χ1v) is 7.18. The monoisotopic (exact) mass is 304 g/mol. The molecule has 1 rings (SSSR count). The average molecular weight is 304 g/mol. The lowest BCUT2D eigenvalue weighted by Gasteiger charge is -2.13. The Hall–Kier alpha value is -1.55. The van der Waals surface area contributed by atoms with E-state index in [0.29, 0.717) is 6.42 Å². The Balaban J connectivity index is 2.74. The summed E-state index contributed by atoms with van der Waals surface area (Å²) >= 11 is 0. The van der Waals surface area contributed by atoms with Gasteiger partial charge in [-0.25, -0.2) is 13.1 Å². The van der Waals surface area contributed by atoms with Crippen molar-refractivity contribution in [2.45, 2.75) is 17.6 Å². The minimum absolute atomic E-state index is 0.0946. The number of methoxy groups -OCH3 is 2. The van der Waals surface area contributed by atoms with Gasteiger partial charge in [0, 0.05) is 39.3 Å². The van der Waals surface area contributed by atoms with E-state index in [4.69, 9.17) is 9.47 Å². The van der Waals surface area contributed by atoms with E-state index in [0.717, 1.165) is 6.07 Å². The fourth-order valence-electron chi connectivity index (χ4n) is 1.49. The standard InChI is InChI=1S/C11H16N2O6S/c1-18-11(19-2)6-7-12-20(16,17)10-5-3-4-9(8-10)13(14)15/h3-5,8,11-12H,6-7H2,1-2H3. The third-order valence-electron chi connectivity index (χ3n) is 2.54. The number of nitro groups is 1. The van der Waals surface area contributed by atoms with Crippen LogP contribution in [0.4, 0.5) is 5.69 Å². The Morgan fingerprint density at radius 1 is 1.35 bits per heavy atom. The highest BCUT2D eigenvalue weighted by atomic mass is 32.2. The lowest BCUT2D eigenvalue weighted by atomic mass is 10.3. The molecule has 0 aromatic heterocycles. The summed E-state index contributed by atoms with van der Waals surface area (Å²) in [5, 5.41) is 10.6. The van der Waals surface area contributed by atoms with Crippen molar-refractivity contribution in [1.82, 2.24) is 4.72 Å². The van der Waals surface area contributed by atoms with Crippen molar-refractivity contribution in [2.24, 2.45) is 0 Å². The third-order valence-corrected chi connectivity index (χ3v) is 4.00. The Morgan fingerprint density at radius 3 is 2.55 bits per heavy atom. The van der Waals surface area contributed by atoms with Crippen LogP contribution in [-0.2, 0) is 19.5 Å². The van der Waals surface area contributed by atoms with Gasteiger partial charge in [-0.05, 0) is 6.07 Å². The molecule has 112 valence electrons. The van der Waals surface area contributed by atoms with Crippen LogP contribution in [-0.4, -0.2) is 40.4 Å². The number of benzene rings is 1. The van der Waals surface area contributed by atoms with Gasteiger partial charge in [-0.2, -0.15) is 0 Å². The van der Waals surface area contributed by atoms with Crippen molar-refractivity contribution in [2.75, 3.05) is 20.8 Å². The van der Waals surface area contributed by atoms with Gasteiger partial charge in [0.05, 0.1) is 9.82 Å². The van der Waals surface area contributed by atoms with E-state index >= 15 is 0 Å². The first-order valence-electron chi connectivity index (χ1n) is 5.70. The van der Waals surface area contributed by atoms with E-state index < -0.39 is 21.2 Å². The van der Waals surface area contributed by atoms with Gasteiger partial charge in [-0.15, -0.1) is 0 Å². The summed E-state index contributed by atoms with van der Waals surface area (Å²) in [6.45, 7) is 0.0946. The zero-order valence-corrected chi connectivity index (χ0v) is 11.9. The molecule has 0 aliphatic rings. The molecule has 0 aliphatic carbocycles. The number of non-ortho nitro benzene ring substituents is 1. The molecule has 0 fully saturated rings. The van der Waals surface area contributed by atoms with E-state index in [1.54, 1.807) is 0 Å². The Morgan fingerprint density at radius 2 is 2.00 bits per heavy atom. The van der Waals surface area contributed by atoms with Crippen LogP contribution in [0.3, 0.4) is 0 Å². The second-order valence-electron chi connectivity index (χ2n) is 3.84. The largest absolute Gasteiger partial charge is 0.356 e. The van der Waals surface area contributed by atoms with Gasteiger partial charge in [0.2, 0.25) is 10.0 Å². The van der Waals surface area contributed by atoms with Crippen molar-refractivity contribution in [1.29, 1.82) is 0 Å². The maximum atomic E-state index is 11.9. The van der Waals surface area contributed by atoms with E-state index in [-0.39, 0.29) is 17.1 Å². The smallest absolute Gasteiger partial charge is 0.270 e. The van der Waals surface area contributed by atoms with Crippen molar-refractivity contribution >= 4 is 15.7 Å². The van der Waals surface area contributed by atoms with Gasteiger partial charge in [-0.1, -0.05) is 6.07 Å². The summed E-state index contributed by atoms with van der Waals surface area (Å²) in [5.74, 6) is 0. The molecule has 20 heavy (non-hydrogen) atoms. The molecule has 0 saturated heterocycles. The molecule has 0 unspecified atom stereocenters. The average Bonchev–Trinajstić information content (AvgIpc) is 2.43. The van der Waals surface area contributed by atoms with Crippen LogP contribution in [0, 0.1) is 10.1 Å². The summed E-state index contributed by atoms with van der Waals surface area (Å²) in [5.41, 5.74) is -0.278. The lowest BCUT2D eigenvalue weighted by molar-refractivity contribution is -0.385. The van der Waals surface area contributed by atoms with Crippen molar-refractivity contribution in [3.05, 3.63) is 34.4 Å². The second kappa shape index (κ2) is 7.29. The van der Waals surface area contributed by atoms with Crippen LogP contribution in [0.15, 0.2) is 29.2 Å². The molecular formula is C11H16N2O6S. The highest BCUT2D eigenvalue weighted by Gasteiger charge is 2.17. The number of nitro benzene ring substituents is 1. The zero-order valence-electron chi connectivity index (χ0n) is 11.1. The number of hydrogen-bond donors (Lipinski definition) is 1. The minimum Gasteiger partial charge on any atom is -0.356 e. The van der Waals surface area contributed by atoms with Crippen molar-refractivity contribution in [3.8, 4) is 0 Å². The first kappa shape index (κ1) is 16.5. The number of hydrogen-bond acceptors (Lipinski definition) is 6. The molecule has 0 amide bonds. The van der Waals surface area contributed by atoms with Gasteiger partial charge in [0.15, 0.2) is 6.29 Å². The zero-order chi connectivity index (χ0) is 15.2. The van der Waals surface area contributed by atoms with Gasteiger partial charge in [-0.3, -0.25) is 10.1 Å². The van der Waals surface area contributed by atoms with Crippen LogP contribution >= 0.6 is 0 Å². The van der Waals surface area contributed by atoms with E-state index in [2.05, 4.69) is 4.72 Å². The molecule has 0 radical (unpaired) electrons. The Bertz CT molecular complexity index is 556. The third kappa shape index (κ3) is 4.53. The highest BCUT2D eigenvalue weighted by molar-refractivity contribution is 7.89. The maximum Gasteiger partial charge on any atom is 0.270 e. The molecule has 1 N–H and O–H groups in total. The van der Waals surface area contributed by atoms with Crippen molar-refractivity contribution < 1.29 is 22.8 Å². The normalized spacial score (nSPS) is 11.8. The highest BCUT2D eigenvalue weighted by Crippen LogP contribution is 2.17. The lowest BCUT2D eigenvalue weighted by Crippen LogP contribution is -2.28. The predicted octanol–water partition coefficient (Wildman–Crippen LogP) is 0.882. The molecule has 0 spiro atoms. The van der Waals surface area contributed by atoms with Gasteiger partial charge in [0.25, 0.3) is 5.69 Å². The second-order valence-corrected chi connectivity index (χ2v) is 5.61. The summed E-state index contributed by atoms with van der Waals surface area (Å²) in [4.78, 5) is 9.82. The molecule has 9 heteroatoms. The molecule has 0 atom stereocenters. The molecular weight excluding hydrogens is 288 g/mol. The minimum atomic E-state index is -3.79. The number of ether oxygens (including phenoxy) is 2. The van der Waals surface area contributed by atoms with E-state index in [1.165, 1.54) is 32.4 Å². The topological polar surface area (TPSA) is 108 Å². The first-order chi connectivity index (χ1) is 9.40. The van der Waals surface area contributed by atoms with Crippen LogP contribution in [0.5, 0.6) is 0 Å². The summed E-state index contributed by atoms with van der Waals surface area (Å²) in [7, 11) is -0.899. The van der Waals surface area contributed by atoms with Crippen LogP contribution < -0.4 is 4.72 Å². The van der Waals surface area contributed by atoms with Crippen LogP contribution in [0.25, 0.3) is 0 Å². The SMILES string of the molecule is COC(CCNS(=O)(=O)c1cccc([N+](=O)[O-])c1)OC. The molecule has 8 nitrogen and oxygen atoms in total. The molecule has 1 aromatic rings. The summed E-state index contributed by atoms with van der Waals surface area (Å²) < 4.78 is 36.1. The van der Waals surface area contributed by atoms with Gasteiger partial charge < -0.3 is 9.47 Å². The quantitative estimate of drug-likeness (QED) is 0.434. The van der Waals surface area contributed by atoms with Crippen molar-refractivity contribution in [3.63, 3.8) is 0 Å². The fraction of sp³-hybridized carbons (Fsp3) is 0.455. The van der Waals surface area contributed by atoms with Gasteiger partial charge in [0.1, 0.15) is 0 Å². The van der Waals surface area contributed by atoms with Gasteiger partial charge >= 0.3 is 0 Å². The molecule has 0 bridgehead atoms. The van der Waals surface area contributed by atoms with E-state index in [1.807, 2.05) is 0 Å². The molecule has 1 aromatic carbocycles. The van der Waals surface area contributed by atoms with Crippen LogP contribution in [0.1, 0.15) is 6.42 Å². The predicted molar refractivity (Wildman–Crippen MR) is 70.7 cm³/mol. The summed E-state index contributed by atoms with van der Waals surface area (Å²) in [6, 6.07) is 4.84. The molecule has 0 saturated carbocycles. The number of rotatable bonds is 8. The summed E-state index contributed by atoms with van der Waals surface area (Å²) in [6.07, 6.45) is -0.191. The number of nitrogens with zero attached hydrogens (tertiary/aromatic N) is 1. The number of sulfonamides is 1. The number of nitrogens with one attached hydrogen (secondary N) is 1.